The molecular formula is C24H22ClN3O3S. The Labute approximate surface area is 196 Å². The molecule has 0 spiro atoms. The SMILES string of the molecule is COC(=O)C1=C(C)NC(SCC(=O)Nc2ccc(C)cc2)=C(C#N)[C@H]1c1ccccc1Cl. The Balaban J connectivity index is 1.90. The molecule has 1 heterocycles. The Hall–Kier alpha value is -3.21. The highest BCUT2D eigenvalue weighted by atomic mass is 35.5. The van der Waals surface area contributed by atoms with Crippen molar-refractivity contribution in [2.75, 3.05) is 18.2 Å². The Kier molecular flexibility index (Phi) is 7.62. The first-order chi connectivity index (χ1) is 15.3. The number of nitriles is 1. The van der Waals surface area contributed by atoms with Gasteiger partial charge in [-0.25, -0.2) is 4.79 Å². The molecule has 0 saturated carbocycles. The Morgan fingerprint density at radius 3 is 2.50 bits per heavy atom. The quantitative estimate of drug-likeness (QED) is 0.588. The second kappa shape index (κ2) is 10.4. The number of ether oxygens (including phenoxy) is 1. The fourth-order valence-electron chi connectivity index (χ4n) is 3.40. The van der Waals surface area contributed by atoms with Gasteiger partial charge < -0.3 is 15.4 Å². The molecule has 0 saturated heterocycles. The fourth-order valence-corrected chi connectivity index (χ4v) is 4.54. The number of nitrogens with zero attached hydrogens (tertiary/aromatic N) is 1. The molecular weight excluding hydrogens is 446 g/mol. The number of esters is 1. The molecule has 1 aliphatic rings. The summed E-state index contributed by atoms with van der Waals surface area (Å²) >= 11 is 7.61. The molecule has 32 heavy (non-hydrogen) atoms. The summed E-state index contributed by atoms with van der Waals surface area (Å²) in [6, 6.07) is 16.8. The molecule has 0 fully saturated rings. The van der Waals surface area contributed by atoms with Crippen LogP contribution in [0.2, 0.25) is 5.02 Å². The maximum Gasteiger partial charge on any atom is 0.336 e. The number of amides is 1. The summed E-state index contributed by atoms with van der Waals surface area (Å²) in [5.41, 5.74) is 3.58. The number of nitrogens with one attached hydrogen (secondary N) is 2. The van der Waals surface area contributed by atoms with E-state index in [0.717, 1.165) is 5.56 Å². The minimum absolute atomic E-state index is 0.0808. The van der Waals surface area contributed by atoms with Crippen molar-refractivity contribution in [1.29, 1.82) is 5.26 Å². The van der Waals surface area contributed by atoms with Crippen LogP contribution in [0.5, 0.6) is 0 Å². The van der Waals surface area contributed by atoms with E-state index < -0.39 is 11.9 Å². The Bertz CT molecular complexity index is 1150. The standard InChI is InChI=1S/C24H22ClN3O3S/c1-14-8-10-16(11-9-14)28-20(29)13-32-23-18(12-26)22(17-6-4-5-7-19(17)25)21(15(2)27-23)24(30)31-3/h4-11,22,27H,13H2,1-3H3,(H,28,29)/t22-/m1/s1. The minimum Gasteiger partial charge on any atom is -0.466 e. The van der Waals surface area contributed by atoms with Crippen LogP contribution in [0.25, 0.3) is 0 Å². The third kappa shape index (κ3) is 5.16. The monoisotopic (exact) mass is 467 g/mol. The number of carbonyl (C=O) groups is 2. The summed E-state index contributed by atoms with van der Waals surface area (Å²) < 4.78 is 4.97. The van der Waals surface area contributed by atoms with Crippen LogP contribution >= 0.6 is 23.4 Å². The van der Waals surface area contributed by atoms with E-state index in [9.17, 15) is 14.9 Å². The summed E-state index contributed by atoms with van der Waals surface area (Å²) in [4.78, 5) is 25.0. The number of aryl methyl sites for hydroxylation is 1. The highest BCUT2D eigenvalue weighted by Gasteiger charge is 2.36. The zero-order chi connectivity index (χ0) is 23.3. The van der Waals surface area contributed by atoms with Crippen molar-refractivity contribution in [1.82, 2.24) is 5.32 Å². The van der Waals surface area contributed by atoms with Crippen LogP contribution in [-0.4, -0.2) is 24.7 Å². The van der Waals surface area contributed by atoms with E-state index in [2.05, 4.69) is 16.7 Å². The van der Waals surface area contributed by atoms with E-state index in [1.54, 1.807) is 31.2 Å². The number of hydrogen-bond acceptors (Lipinski definition) is 6. The average molecular weight is 468 g/mol. The van der Waals surface area contributed by atoms with Crippen LogP contribution in [0.3, 0.4) is 0 Å². The normalized spacial score (nSPS) is 15.7. The summed E-state index contributed by atoms with van der Waals surface area (Å²) in [6.45, 7) is 3.71. The number of halogens is 1. The van der Waals surface area contributed by atoms with E-state index in [1.165, 1.54) is 18.9 Å². The molecule has 6 nitrogen and oxygen atoms in total. The second-order valence-electron chi connectivity index (χ2n) is 7.17. The van der Waals surface area contributed by atoms with Gasteiger partial charge in [-0.2, -0.15) is 5.26 Å². The van der Waals surface area contributed by atoms with E-state index in [-0.39, 0.29) is 11.7 Å². The highest BCUT2D eigenvalue weighted by Crippen LogP contribution is 2.43. The molecule has 1 aliphatic heterocycles. The van der Waals surface area contributed by atoms with Gasteiger partial charge in [0.1, 0.15) is 0 Å². The van der Waals surface area contributed by atoms with Crippen molar-refractivity contribution in [3.63, 3.8) is 0 Å². The molecule has 1 atom stereocenters. The maximum absolute atomic E-state index is 12.6. The highest BCUT2D eigenvalue weighted by molar-refractivity contribution is 8.03. The molecule has 0 aromatic heterocycles. The lowest BCUT2D eigenvalue weighted by molar-refractivity contribution is -0.136. The first-order valence-electron chi connectivity index (χ1n) is 9.79. The zero-order valence-electron chi connectivity index (χ0n) is 17.9. The number of methoxy groups -OCH3 is 1. The van der Waals surface area contributed by atoms with E-state index in [4.69, 9.17) is 16.3 Å². The van der Waals surface area contributed by atoms with Gasteiger partial charge >= 0.3 is 5.97 Å². The van der Waals surface area contributed by atoms with Crippen LogP contribution in [0.15, 0.2) is 70.4 Å². The predicted molar refractivity (Wildman–Crippen MR) is 127 cm³/mol. The molecule has 8 heteroatoms. The second-order valence-corrected chi connectivity index (χ2v) is 8.56. The minimum atomic E-state index is -0.704. The van der Waals surface area contributed by atoms with Gasteiger partial charge in [-0.1, -0.05) is 59.3 Å². The number of carbonyl (C=O) groups excluding carboxylic acids is 2. The molecule has 1 amide bonds. The molecule has 0 unspecified atom stereocenters. The van der Waals surface area contributed by atoms with Crippen LogP contribution in [0.4, 0.5) is 5.69 Å². The largest absolute Gasteiger partial charge is 0.466 e. The number of dihydropyridines is 1. The molecule has 2 aromatic rings. The number of benzene rings is 2. The number of thioether (sulfide) groups is 1. The van der Waals surface area contributed by atoms with Gasteiger partial charge in [-0.15, -0.1) is 0 Å². The predicted octanol–water partition coefficient (Wildman–Crippen LogP) is 4.89. The van der Waals surface area contributed by atoms with E-state index in [1.807, 2.05) is 31.2 Å². The van der Waals surface area contributed by atoms with Gasteiger partial charge in [0, 0.05) is 16.4 Å². The summed E-state index contributed by atoms with van der Waals surface area (Å²) in [6.07, 6.45) is 0. The molecule has 2 aromatic carbocycles. The number of allylic oxidation sites excluding steroid dienone is 2. The van der Waals surface area contributed by atoms with E-state index >= 15 is 0 Å². The molecule has 2 N–H and O–H groups in total. The lowest BCUT2D eigenvalue weighted by Crippen LogP contribution is -2.29. The number of hydrogen-bond donors (Lipinski definition) is 2. The Morgan fingerprint density at radius 2 is 1.88 bits per heavy atom. The first-order valence-corrected chi connectivity index (χ1v) is 11.2. The zero-order valence-corrected chi connectivity index (χ0v) is 19.4. The van der Waals surface area contributed by atoms with Gasteiger partial charge in [0.05, 0.1) is 41.0 Å². The number of anilines is 1. The maximum atomic E-state index is 12.6. The molecule has 0 radical (unpaired) electrons. The Morgan fingerprint density at radius 1 is 1.19 bits per heavy atom. The summed E-state index contributed by atoms with van der Waals surface area (Å²) in [7, 11) is 1.29. The van der Waals surface area contributed by atoms with Gasteiger partial charge in [-0.05, 0) is 37.6 Å². The van der Waals surface area contributed by atoms with Gasteiger partial charge in [0.25, 0.3) is 0 Å². The average Bonchev–Trinajstić information content (AvgIpc) is 2.78. The first kappa shape index (κ1) is 23.5. The summed E-state index contributed by atoms with van der Waals surface area (Å²) in [5, 5.41) is 16.9. The lowest BCUT2D eigenvalue weighted by Gasteiger charge is -2.29. The van der Waals surface area contributed by atoms with Crippen LogP contribution in [0.1, 0.15) is 24.0 Å². The smallest absolute Gasteiger partial charge is 0.336 e. The molecule has 0 aliphatic carbocycles. The topological polar surface area (TPSA) is 91.2 Å². The van der Waals surface area contributed by atoms with Gasteiger partial charge in [-0.3, -0.25) is 4.79 Å². The van der Waals surface area contributed by atoms with Gasteiger partial charge in [0.2, 0.25) is 5.91 Å². The van der Waals surface area contributed by atoms with Crippen LogP contribution in [-0.2, 0) is 14.3 Å². The summed E-state index contributed by atoms with van der Waals surface area (Å²) in [5.74, 6) is -1.38. The van der Waals surface area contributed by atoms with E-state index in [0.29, 0.717) is 38.1 Å². The molecule has 0 bridgehead atoms. The van der Waals surface area contributed by atoms with Crippen LogP contribution < -0.4 is 10.6 Å². The van der Waals surface area contributed by atoms with Crippen molar-refractivity contribution >= 4 is 40.9 Å². The number of rotatable bonds is 6. The van der Waals surface area contributed by atoms with Gasteiger partial charge in [0.15, 0.2) is 0 Å². The van der Waals surface area contributed by atoms with Crippen molar-refractivity contribution in [3.05, 3.63) is 86.6 Å². The molecule has 164 valence electrons. The lowest BCUT2D eigenvalue weighted by atomic mass is 9.82. The van der Waals surface area contributed by atoms with Crippen molar-refractivity contribution in [2.24, 2.45) is 0 Å². The van der Waals surface area contributed by atoms with Crippen molar-refractivity contribution in [3.8, 4) is 6.07 Å². The molecule has 3 rings (SSSR count). The third-order valence-electron chi connectivity index (χ3n) is 4.95. The van der Waals surface area contributed by atoms with Crippen LogP contribution in [0, 0.1) is 18.3 Å². The third-order valence-corrected chi connectivity index (χ3v) is 6.31. The fraction of sp³-hybridized carbons (Fsp3) is 0.208. The van der Waals surface area contributed by atoms with Crippen molar-refractivity contribution in [2.45, 2.75) is 19.8 Å². The van der Waals surface area contributed by atoms with Crippen molar-refractivity contribution < 1.29 is 14.3 Å².